The molecule has 8 aromatic carbocycles. The summed E-state index contributed by atoms with van der Waals surface area (Å²) in [7, 11) is 0. The summed E-state index contributed by atoms with van der Waals surface area (Å²) in [5, 5.41) is 5.11. The zero-order valence-corrected chi connectivity index (χ0v) is 27.3. The molecule has 1 nitrogen and oxygen atoms in total. The number of fused-ring (bicyclic) bond motifs is 3. The van der Waals surface area contributed by atoms with E-state index in [4.69, 9.17) is 0 Å². The van der Waals surface area contributed by atoms with Gasteiger partial charge >= 0.3 is 0 Å². The van der Waals surface area contributed by atoms with Crippen molar-refractivity contribution >= 4 is 38.6 Å². The lowest BCUT2D eigenvalue weighted by Crippen LogP contribution is -2.09. The summed E-state index contributed by atoms with van der Waals surface area (Å²) in [5.74, 6) is 0.499. The first-order valence-corrected chi connectivity index (χ1v) is 16.8. The Kier molecular flexibility index (Phi) is 7.80. The minimum absolute atomic E-state index is 0.499. The molecule has 0 spiro atoms. The zero-order chi connectivity index (χ0) is 32.5. The Bertz CT molecular complexity index is 2320. The van der Waals surface area contributed by atoms with Gasteiger partial charge in [-0.05, 0) is 109 Å². The highest BCUT2D eigenvalue weighted by molar-refractivity contribution is 6.18. The number of para-hydroxylation sites is 1. The maximum atomic E-state index is 2.37. The topological polar surface area (TPSA) is 3.24 Å². The van der Waals surface area contributed by atoms with Crippen LogP contribution in [0.1, 0.15) is 25.3 Å². The molecule has 230 valence electrons. The Hall–Kier alpha value is -5.92. The fraction of sp³-hybridized carbons (Fsp3) is 0.0638. The molecular weight excluding hydrogens is 579 g/mol. The van der Waals surface area contributed by atoms with E-state index in [1.165, 1.54) is 60.5 Å². The van der Waals surface area contributed by atoms with E-state index in [1.54, 1.807) is 0 Å². The molecule has 0 aliphatic heterocycles. The summed E-state index contributed by atoms with van der Waals surface area (Å²) in [6.07, 6.45) is 0. The number of hydrogen-bond donors (Lipinski definition) is 0. The minimum Gasteiger partial charge on any atom is -0.311 e. The van der Waals surface area contributed by atoms with Crippen LogP contribution in [-0.4, -0.2) is 0 Å². The smallest absolute Gasteiger partial charge is 0.0462 e. The summed E-state index contributed by atoms with van der Waals surface area (Å²) >= 11 is 0. The van der Waals surface area contributed by atoms with Crippen molar-refractivity contribution in [1.29, 1.82) is 0 Å². The summed E-state index contributed by atoms with van der Waals surface area (Å²) in [4.78, 5) is 2.33. The molecule has 0 unspecified atom stereocenters. The summed E-state index contributed by atoms with van der Waals surface area (Å²) in [5.41, 5.74) is 12.1. The normalized spacial score (nSPS) is 11.3. The van der Waals surface area contributed by atoms with E-state index in [2.05, 4.69) is 201 Å². The van der Waals surface area contributed by atoms with Crippen molar-refractivity contribution in [2.75, 3.05) is 4.90 Å². The highest BCUT2D eigenvalue weighted by atomic mass is 15.1. The van der Waals surface area contributed by atoms with Crippen LogP contribution in [0.25, 0.3) is 54.9 Å². The molecule has 0 saturated heterocycles. The van der Waals surface area contributed by atoms with Crippen molar-refractivity contribution in [3.05, 3.63) is 188 Å². The fourth-order valence-corrected chi connectivity index (χ4v) is 6.93. The SMILES string of the molecule is CC(C)c1ccc(-c2cc3ccccc3c3cccc(-c4ccc(N(c5ccccc5)c5ccc(-c6ccccc6)cc5)cc4)c23)cc1. The first kappa shape index (κ1) is 29.5. The van der Waals surface area contributed by atoms with Gasteiger partial charge in [-0.25, -0.2) is 0 Å². The second-order valence-corrected chi connectivity index (χ2v) is 12.8. The maximum Gasteiger partial charge on any atom is 0.0462 e. The molecule has 8 rings (SSSR count). The van der Waals surface area contributed by atoms with Crippen LogP contribution in [0, 0.1) is 0 Å². The maximum absolute atomic E-state index is 2.37. The van der Waals surface area contributed by atoms with Crippen molar-refractivity contribution in [2.45, 2.75) is 19.8 Å². The third-order valence-corrected chi connectivity index (χ3v) is 9.46. The lowest BCUT2D eigenvalue weighted by Gasteiger charge is -2.26. The quantitative estimate of drug-likeness (QED) is 0.161. The third-order valence-electron chi connectivity index (χ3n) is 9.46. The molecule has 0 aliphatic rings. The molecular formula is C47H37N. The molecule has 0 aromatic heterocycles. The first-order valence-electron chi connectivity index (χ1n) is 16.8. The van der Waals surface area contributed by atoms with Crippen molar-refractivity contribution in [3.8, 4) is 33.4 Å². The van der Waals surface area contributed by atoms with Crippen LogP contribution < -0.4 is 4.90 Å². The molecule has 8 aromatic rings. The molecule has 0 atom stereocenters. The molecule has 0 fully saturated rings. The van der Waals surface area contributed by atoms with Crippen LogP contribution in [0.3, 0.4) is 0 Å². The lowest BCUT2D eigenvalue weighted by atomic mass is 9.87. The molecule has 0 amide bonds. The second kappa shape index (κ2) is 12.7. The Balaban J connectivity index is 1.24. The highest BCUT2D eigenvalue weighted by Gasteiger charge is 2.16. The van der Waals surface area contributed by atoms with E-state index in [9.17, 15) is 0 Å². The highest BCUT2D eigenvalue weighted by Crippen LogP contribution is 2.42. The number of anilines is 3. The van der Waals surface area contributed by atoms with E-state index < -0.39 is 0 Å². The van der Waals surface area contributed by atoms with Gasteiger partial charge in [-0.1, -0.05) is 153 Å². The molecule has 0 heterocycles. The minimum atomic E-state index is 0.499. The molecule has 0 bridgehead atoms. The molecule has 0 saturated carbocycles. The van der Waals surface area contributed by atoms with Gasteiger partial charge in [0.2, 0.25) is 0 Å². The van der Waals surface area contributed by atoms with Crippen LogP contribution in [0.15, 0.2) is 182 Å². The predicted molar refractivity (Wildman–Crippen MR) is 207 cm³/mol. The Morgan fingerprint density at radius 1 is 0.375 bits per heavy atom. The Labute approximate surface area is 283 Å². The fourth-order valence-electron chi connectivity index (χ4n) is 6.93. The van der Waals surface area contributed by atoms with Crippen LogP contribution in [0.5, 0.6) is 0 Å². The lowest BCUT2D eigenvalue weighted by molar-refractivity contribution is 0.867. The summed E-state index contributed by atoms with van der Waals surface area (Å²) in [6, 6.07) is 66.1. The van der Waals surface area contributed by atoms with Gasteiger partial charge in [0, 0.05) is 17.1 Å². The van der Waals surface area contributed by atoms with Gasteiger partial charge in [0.15, 0.2) is 0 Å². The zero-order valence-electron chi connectivity index (χ0n) is 27.3. The van der Waals surface area contributed by atoms with Gasteiger partial charge in [0.1, 0.15) is 0 Å². The van der Waals surface area contributed by atoms with Gasteiger partial charge in [-0.2, -0.15) is 0 Å². The van der Waals surface area contributed by atoms with Crippen molar-refractivity contribution in [2.24, 2.45) is 0 Å². The van der Waals surface area contributed by atoms with E-state index in [1.807, 2.05) is 0 Å². The number of rotatable bonds is 7. The summed E-state index contributed by atoms with van der Waals surface area (Å²) < 4.78 is 0. The van der Waals surface area contributed by atoms with Gasteiger partial charge in [-0.15, -0.1) is 0 Å². The number of nitrogens with zero attached hydrogens (tertiary/aromatic N) is 1. The number of hydrogen-bond acceptors (Lipinski definition) is 1. The van der Waals surface area contributed by atoms with Crippen LogP contribution >= 0.6 is 0 Å². The monoisotopic (exact) mass is 615 g/mol. The van der Waals surface area contributed by atoms with E-state index >= 15 is 0 Å². The molecule has 0 aliphatic carbocycles. The van der Waals surface area contributed by atoms with Crippen molar-refractivity contribution < 1.29 is 0 Å². The standard InChI is InChI=1S/C47H37N/c1-33(2)34-20-22-38(23-21-34)46-32-39-14-9-10-17-43(39)45-19-11-18-44(47(45)46)37-26-30-42(31-27-37)48(40-15-7-4-8-16-40)41-28-24-36(25-29-41)35-12-5-3-6-13-35/h3-33H,1-2H3. The van der Waals surface area contributed by atoms with Gasteiger partial charge in [0.25, 0.3) is 0 Å². The van der Waals surface area contributed by atoms with E-state index in [0.717, 1.165) is 17.1 Å². The predicted octanol–water partition coefficient (Wildman–Crippen LogP) is 13.6. The average molecular weight is 616 g/mol. The number of benzene rings is 8. The largest absolute Gasteiger partial charge is 0.311 e. The average Bonchev–Trinajstić information content (AvgIpc) is 3.16. The summed E-state index contributed by atoms with van der Waals surface area (Å²) in [6.45, 7) is 4.50. The van der Waals surface area contributed by atoms with E-state index in [0.29, 0.717) is 5.92 Å². The van der Waals surface area contributed by atoms with Crippen LogP contribution in [0.4, 0.5) is 17.1 Å². The third kappa shape index (κ3) is 5.54. The Morgan fingerprint density at radius 2 is 0.875 bits per heavy atom. The molecule has 1 heteroatoms. The molecule has 0 radical (unpaired) electrons. The van der Waals surface area contributed by atoms with E-state index in [-0.39, 0.29) is 0 Å². The first-order chi connectivity index (χ1) is 23.6. The van der Waals surface area contributed by atoms with Crippen LogP contribution in [0.2, 0.25) is 0 Å². The van der Waals surface area contributed by atoms with Gasteiger partial charge in [0.05, 0.1) is 0 Å². The Morgan fingerprint density at radius 3 is 1.54 bits per heavy atom. The van der Waals surface area contributed by atoms with Gasteiger partial charge in [-0.3, -0.25) is 0 Å². The molecule has 0 N–H and O–H groups in total. The molecule has 48 heavy (non-hydrogen) atoms. The van der Waals surface area contributed by atoms with Crippen LogP contribution in [-0.2, 0) is 0 Å². The van der Waals surface area contributed by atoms with Crippen molar-refractivity contribution in [1.82, 2.24) is 0 Å². The van der Waals surface area contributed by atoms with Crippen molar-refractivity contribution in [3.63, 3.8) is 0 Å². The van der Waals surface area contributed by atoms with Gasteiger partial charge < -0.3 is 4.90 Å². The second-order valence-electron chi connectivity index (χ2n) is 12.8.